The Morgan fingerprint density at radius 1 is 0.970 bits per heavy atom. The topological polar surface area (TPSA) is 64.4 Å². The first kappa shape index (κ1) is 22.3. The van der Waals surface area contributed by atoms with E-state index in [4.69, 9.17) is 4.74 Å². The van der Waals surface area contributed by atoms with Crippen LogP contribution in [-0.4, -0.2) is 34.8 Å². The maximum absolute atomic E-state index is 13.7. The quantitative estimate of drug-likeness (QED) is 0.291. The van der Waals surface area contributed by atoms with E-state index < -0.39 is 11.9 Å². The Balaban J connectivity index is 1.65. The van der Waals surface area contributed by atoms with Gasteiger partial charge in [-0.05, 0) is 42.3 Å². The number of fused-ring (bicyclic) bond motifs is 1. The number of anilines is 1. The van der Waals surface area contributed by atoms with Crippen LogP contribution in [0.4, 0.5) is 5.69 Å². The average Bonchev–Trinajstić information content (AvgIpc) is 3.28. The van der Waals surface area contributed by atoms with Gasteiger partial charge in [0.05, 0.1) is 19.3 Å². The van der Waals surface area contributed by atoms with Crippen molar-refractivity contribution in [1.29, 1.82) is 0 Å². The van der Waals surface area contributed by atoms with E-state index in [1.807, 2.05) is 79.7 Å². The minimum absolute atomic E-state index is 0.197. The van der Waals surface area contributed by atoms with Crippen molar-refractivity contribution in [3.05, 3.63) is 96.3 Å². The summed E-state index contributed by atoms with van der Waals surface area (Å²) in [6, 6.07) is 23.7. The molecule has 1 amide bonds. The number of likely N-dealkylation sites (N-methyl/N-ethyl adjacent to an activating group) is 1. The average molecular weight is 442 g/mol. The fourth-order valence-corrected chi connectivity index (χ4v) is 3.96. The van der Waals surface area contributed by atoms with E-state index in [2.05, 4.69) is 5.10 Å². The molecule has 168 valence electrons. The summed E-state index contributed by atoms with van der Waals surface area (Å²) in [5.74, 6) is -1.98. The summed E-state index contributed by atoms with van der Waals surface area (Å²) in [6.07, 6.45) is 3.33. The van der Waals surface area contributed by atoms with Crippen molar-refractivity contribution in [1.82, 2.24) is 9.78 Å². The van der Waals surface area contributed by atoms with Crippen LogP contribution < -0.4 is 4.90 Å². The van der Waals surface area contributed by atoms with E-state index in [0.29, 0.717) is 18.7 Å². The summed E-state index contributed by atoms with van der Waals surface area (Å²) in [6.45, 7) is 4.80. The van der Waals surface area contributed by atoms with Crippen LogP contribution in [0.1, 0.15) is 30.9 Å². The second kappa shape index (κ2) is 10.1. The number of esters is 1. The molecule has 0 bridgehead atoms. The van der Waals surface area contributed by atoms with Crippen molar-refractivity contribution < 1.29 is 14.3 Å². The standard InChI is InChI=1S/C27H27N3O3/c1-3-30(24-15-14-21-12-8-9-13-22(21)16-24)26(31)25(27(32)33-4-2)23-17-28-29(19-23)18-20-10-6-5-7-11-20/h5-17,19,25H,3-4,18H2,1-2H3. The van der Waals surface area contributed by atoms with Crippen LogP contribution in [-0.2, 0) is 20.9 Å². The highest BCUT2D eigenvalue weighted by molar-refractivity contribution is 6.11. The summed E-state index contributed by atoms with van der Waals surface area (Å²) < 4.78 is 7.02. The van der Waals surface area contributed by atoms with Gasteiger partial charge in [0.25, 0.3) is 0 Å². The van der Waals surface area contributed by atoms with Crippen molar-refractivity contribution in [2.75, 3.05) is 18.1 Å². The first-order valence-corrected chi connectivity index (χ1v) is 11.1. The number of aromatic nitrogens is 2. The molecule has 0 radical (unpaired) electrons. The molecule has 0 saturated heterocycles. The zero-order valence-electron chi connectivity index (χ0n) is 18.8. The van der Waals surface area contributed by atoms with Crippen LogP contribution in [0, 0.1) is 0 Å². The van der Waals surface area contributed by atoms with Gasteiger partial charge in [-0.3, -0.25) is 14.3 Å². The molecule has 0 spiro atoms. The lowest BCUT2D eigenvalue weighted by Crippen LogP contribution is -2.38. The fourth-order valence-electron chi connectivity index (χ4n) is 3.96. The van der Waals surface area contributed by atoms with Crippen LogP contribution in [0.5, 0.6) is 0 Å². The second-order valence-electron chi connectivity index (χ2n) is 7.76. The van der Waals surface area contributed by atoms with Gasteiger partial charge in [-0.2, -0.15) is 5.10 Å². The Morgan fingerprint density at radius 2 is 1.70 bits per heavy atom. The van der Waals surface area contributed by atoms with Crippen molar-refractivity contribution in [2.45, 2.75) is 26.3 Å². The van der Waals surface area contributed by atoms with E-state index in [-0.39, 0.29) is 12.5 Å². The molecule has 1 unspecified atom stereocenters. The molecule has 0 aliphatic carbocycles. The van der Waals surface area contributed by atoms with Gasteiger partial charge >= 0.3 is 5.97 Å². The lowest BCUT2D eigenvalue weighted by atomic mass is 10.00. The highest BCUT2D eigenvalue weighted by Gasteiger charge is 2.35. The molecule has 6 nitrogen and oxygen atoms in total. The van der Waals surface area contributed by atoms with E-state index in [0.717, 1.165) is 22.0 Å². The third-order valence-electron chi connectivity index (χ3n) is 5.57. The molecule has 3 aromatic carbocycles. The van der Waals surface area contributed by atoms with E-state index in [9.17, 15) is 9.59 Å². The van der Waals surface area contributed by atoms with Gasteiger partial charge in [-0.15, -0.1) is 0 Å². The van der Waals surface area contributed by atoms with Crippen molar-refractivity contribution >= 4 is 28.3 Å². The number of nitrogens with zero attached hydrogens (tertiary/aromatic N) is 3. The zero-order chi connectivity index (χ0) is 23.2. The third-order valence-corrected chi connectivity index (χ3v) is 5.57. The number of benzene rings is 3. The molecular formula is C27H27N3O3. The van der Waals surface area contributed by atoms with E-state index in [1.165, 1.54) is 0 Å². The number of rotatable bonds is 8. The fraction of sp³-hybridized carbons (Fsp3) is 0.222. The van der Waals surface area contributed by atoms with Crippen LogP contribution in [0.2, 0.25) is 0 Å². The molecule has 1 heterocycles. The molecular weight excluding hydrogens is 414 g/mol. The Labute approximate surface area is 193 Å². The summed E-state index contributed by atoms with van der Waals surface area (Å²) >= 11 is 0. The number of ether oxygens (including phenoxy) is 1. The zero-order valence-corrected chi connectivity index (χ0v) is 18.8. The highest BCUT2D eigenvalue weighted by atomic mass is 16.5. The van der Waals surface area contributed by atoms with Crippen molar-refractivity contribution in [3.8, 4) is 0 Å². The highest BCUT2D eigenvalue weighted by Crippen LogP contribution is 2.27. The molecule has 33 heavy (non-hydrogen) atoms. The monoisotopic (exact) mass is 441 g/mol. The number of hydrogen-bond acceptors (Lipinski definition) is 4. The molecule has 6 heteroatoms. The maximum Gasteiger partial charge on any atom is 0.323 e. The lowest BCUT2D eigenvalue weighted by Gasteiger charge is -2.25. The molecule has 4 aromatic rings. The molecule has 1 atom stereocenters. The number of amides is 1. The molecule has 0 saturated carbocycles. The van der Waals surface area contributed by atoms with Crippen LogP contribution in [0.25, 0.3) is 10.8 Å². The SMILES string of the molecule is CCOC(=O)C(C(=O)N(CC)c1ccc2ccccc2c1)c1cnn(Cc2ccccc2)c1. The molecule has 0 N–H and O–H groups in total. The summed E-state index contributed by atoms with van der Waals surface area (Å²) in [5.41, 5.74) is 2.35. The van der Waals surface area contributed by atoms with E-state index in [1.54, 1.807) is 28.9 Å². The van der Waals surface area contributed by atoms with Gasteiger partial charge in [0.2, 0.25) is 5.91 Å². The van der Waals surface area contributed by atoms with Crippen LogP contribution >= 0.6 is 0 Å². The number of carbonyl (C=O) groups is 2. The van der Waals surface area contributed by atoms with Gasteiger partial charge in [0.15, 0.2) is 5.92 Å². The first-order valence-electron chi connectivity index (χ1n) is 11.1. The van der Waals surface area contributed by atoms with Gasteiger partial charge in [-0.25, -0.2) is 0 Å². The summed E-state index contributed by atoms with van der Waals surface area (Å²) in [5, 5.41) is 6.52. The van der Waals surface area contributed by atoms with Gasteiger partial charge in [0, 0.05) is 24.0 Å². The smallest absolute Gasteiger partial charge is 0.323 e. The first-order chi connectivity index (χ1) is 16.1. The summed E-state index contributed by atoms with van der Waals surface area (Å²) in [7, 11) is 0. The Kier molecular flexibility index (Phi) is 6.83. The van der Waals surface area contributed by atoms with E-state index >= 15 is 0 Å². The summed E-state index contributed by atoms with van der Waals surface area (Å²) in [4.78, 5) is 28.2. The minimum atomic E-state index is -1.08. The van der Waals surface area contributed by atoms with Gasteiger partial charge in [-0.1, -0.05) is 60.7 Å². The van der Waals surface area contributed by atoms with Gasteiger partial charge < -0.3 is 9.64 Å². The van der Waals surface area contributed by atoms with Gasteiger partial charge in [0.1, 0.15) is 0 Å². The molecule has 4 rings (SSSR count). The largest absolute Gasteiger partial charge is 0.465 e. The Bertz CT molecular complexity index is 1250. The van der Waals surface area contributed by atoms with Crippen molar-refractivity contribution in [3.63, 3.8) is 0 Å². The predicted molar refractivity (Wildman–Crippen MR) is 129 cm³/mol. The molecule has 0 aliphatic heterocycles. The lowest BCUT2D eigenvalue weighted by molar-refractivity contribution is -0.147. The molecule has 0 fully saturated rings. The number of carbonyl (C=O) groups excluding carboxylic acids is 2. The normalized spacial score (nSPS) is 11.8. The van der Waals surface area contributed by atoms with Crippen LogP contribution in [0.15, 0.2) is 85.2 Å². The number of hydrogen-bond donors (Lipinski definition) is 0. The third kappa shape index (κ3) is 4.95. The van der Waals surface area contributed by atoms with Crippen molar-refractivity contribution in [2.24, 2.45) is 0 Å². The maximum atomic E-state index is 13.7. The molecule has 1 aromatic heterocycles. The Morgan fingerprint density at radius 3 is 2.42 bits per heavy atom. The molecule has 0 aliphatic rings. The second-order valence-corrected chi connectivity index (χ2v) is 7.76. The predicted octanol–water partition coefficient (Wildman–Crippen LogP) is 4.78. The minimum Gasteiger partial charge on any atom is -0.465 e. The Hall–Kier alpha value is -3.93. The van der Waals surface area contributed by atoms with Crippen LogP contribution in [0.3, 0.4) is 0 Å².